The van der Waals surface area contributed by atoms with Gasteiger partial charge in [0, 0.05) is 24.7 Å². The van der Waals surface area contributed by atoms with Gasteiger partial charge in [-0.1, -0.05) is 41.5 Å². The first-order chi connectivity index (χ1) is 9.94. The van der Waals surface area contributed by atoms with Gasteiger partial charge in [-0.3, -0.25) is 4.90 Å². The van der Waals surface area contributed by atoms with Crippen LogP contribution < -0.4 is 5.32 Å². The molecule has 0 bridgehead atoms. The van der Waals surface area contributed by atoms with Crippen LogP contribution >= 0.6 is 0 Å². The van der Waals surface area contributed by atoms with Gasteiger partial charge in [0.2, 0.25) is 0 Å². The third-order valence-electron chi connectivity index (χ3n) is 5.58. The Kier molecular flexibility index (Phi) is 8.26. The van der Waals surface area contributed by atoms with E-state index < -0.39 is 0 Å². The fraction of sp³-hybridized carbons (Fsp3) is 1.00. The van der Waals surface area contributed by atoms with Gasteiger partial charge < -0.3 is 5.32 Å². The average molecular weight is 297 g/mol. The van der Waals surface area contributed by atoms with Crippen LogP contribution in [0.15, 0.2) is 0 Å². The summed E-state index contributed by atoms with van der Waals surface area (Å²) in [6.45, 7) is 15.5. The molecule has 0 heterocycles. The number of nitrogens with one attached hydrogen (secondary N) is 1. The van der Waals surface area contributed by atoms with Crippen molar-refractivity contribution in [2.45, 2.75) is 91.8 Å². The molecule has 0 radical (unpaired) electrons. The predicted octanol–water partition coefficient (Wildman–Crippen LogP) is 4.55. The lowest BCUT2D eigenvalue weighted by Gasteiger charge is -2.47. The van der Waals surface area contributed by atoms with Crippen molar-refractivity contribution in [3.8, 4) is 0 Å². The van der Waals surface area contributed by atoms with Crippen molar-refractivity contribution >= 4 is 0 Å². The molecule has 1 N–H and O–H groups in total. The average Bonchev–Trinajstić information content (AvgIpc) is 2.46. The Morgan fingerprint density at radius 1 is 1.05 bits per heavy atom. The molecule has 2 nitrogen and oxygen atoms in total. The highest BCUT2D eigenvalue weighted by Crippen LogP contribution is 2.34. The van der Waals surface area contributed by atoms with Crippen molar-refractivity contribution in [2.24, 2.45) is 17.8 Å². The van der Waals surface area contributed by atoms with E-state index in [0.29, 0.717) is 6.04 Å². The first-order valence-corrected chi connectivity index (χ1v) is 9.37. The Morgan fingerprint density at radius 3 is 2.10 bits per heavy atom. The first-order valence-electron chi connectivity index (χ1n) is 9.37. The lowest BCUT2D eigenvalue weighted by atomic mass is 9.75. The second kappa shape index (κ2) is 9.15. The maximum absolute atomic E-state index is 3.63. The molecule has 3 unspecified atom stereocenters. The molecule has 1 fully saturated rings. The molecule has 0 saturated heterocycles. The van der Waals surface area contributed by atoms with Crippen LogP contribution in [0.2, 0.25) is 0 Å². The van der Waals surface area contributed by atoms with E-state index in [1.807, 2.05) is 0 Å². The highest BCUT2D eigenvalue weighted by atomic mass is 15.2. The molecule has 3 atom stereocenters. The molecule has 2 heteroatoms. The first kappa shape index (κ1) is 19.0. The minimum atomic E-state index is 0.680. The van der Waals surface area contributed by atoms with Crippen molar-refractivity contribution in [3.05, 3.63) is 0 Å². The smallest absolute Gasteiger partial charge is 0.0255 e. The Balaban J connectivity index is 2.92. The molecule has 1 saturated carbocycles. The Morgan fingerprint density at radius 2 is 1.67 bits per heavy atom. The second-order valence-corrected chi connectivity index (χ2v) is 7.84. The van der Waals surface area contributed by atoms with Crippen LogP contribution in [0, 0.1) is 17.8 Å². The fourth-order valence-corrected chi connectivity index (χ4v) is 4.22. The largest absolute Gasteiger partial charge is 0.315 e. The summed E-state index contributed by atoms with van der Waals surface area (Å²) in [7, 11) is 2.16. The summed E-state index contributed by atoms with van der Waals surface area (Å²) in [6.07, 6.45) is 6.69. The molecule has 0 aliphatic heterocycles. The number of rotatable bonds is 8. The summed E-state index contributed by atoms with van der Waals surface area (Å²) >= 11 is 0. The van der Waals surface area contributed by atoms with Crippen LogP contribution in [0.4, 0.5) is 0 Å². The summed E-state index contributed by atoms with van der Waals surface area (Å²) in [4.78, 5) is 2.86. The van der Waals surface area contributed by atoms with Gasteiger partial charge in [0.25, 0.3) is 0 Å². The molecule has 0 aromatic heterocycles. The van der Waals surface area contributed by atoms with Gasteiger partial charge in [-0.2, -0.15) is 0 Å². The van der Waals surface area contributed by atoms with E-state index in [4.69, 9.17) is 0 Å². The fourth-order valence-electron chi connectivity index (χ4n) is 4.22. The monoisotopic (exact) mass is 296 g/mol. The molecule has 0 spiro atoms. The van der Waals surface area contributed by atoms with E-state index in [1.54, 1.807) is 0 Å². The molecule has 126 valence electrons. The number of likely N-dealkylation sites (N-methyl/N-ethyl adjacent to an activating group) is 1. The Labute approximate surface area is 134 Å². The Hall–Kier alpha value is -0.0800. The van der Waals surface area contributed by atoms with Gasteiger partial charge in [0.05, 0.1) is 0 Å². The summed E-state index contributed by atoms with van der Waals surface area (Å²) in [5.41, 5.74) is 0. The van der Waals surface area contributed by atoms with E-state index in [-0.39, 0.29) is 0 Å². The predicted molar refractivity (Wildman–Crippen MR) is 94.7 cm³/mol. The van der Waals surface area contributed by atoms with Gasteiger partial charge in [-0.25, -0.2) is 0 Å². The molecule has 1 aliphatic carbocycles. The molecular weight excluding hydrogens is 256 g/mol. The van der Waals surface area contributed by atoms with E-state index in [0.717, 1.165) is 29.8 Å². The maximum Gasteiger partial charge on any atom is 0.0255 e. The molecule has 1 aliphatic rings. The third-order valence-corrected chi connectivity index (χ3v) is 5.58. The molecule has 1 rings (SSSR count). The van der Waals surface area contributed by atoms with Crippen LogP contribution in [-0.2, 0) is 0 Å². The van der Waals surface area contributed by atoms with Crippen molar-refractivity contribution in [1.29, 1.82) is 0 Å². The quantitative estimate of drug-likeness (QED) is 0.707. The second-order valence-electron chi connectivity index (χ2n) is 7.84. The molecule has 0 aromatic carbocycles. The van der Waals surface area contributed by atoms with E-state index in [1.165, 1.54) is 38.6 Å². The highest BCUT2D eigenvalue weighted by Gasteiger charge is 2.36. The van der Waals surface area contributed by atoms with Crippen LogP contribution in [0.3, 0.4) is 0 Å². The van der Waals surface area contributed by atoms with E-state index >= 15 is 0 Å². The number of hydrogen-bond donors (Lipinski definition) is 1. The van der Waals surface area contributed by atoms with Gasteiger partial charge in [-0.05, 0) is 56.9 Å². The minimum absolute atomic E-state index is 0.680. The summed E-state index contributed by atoms with van der Waals surface area (Å²) in [5, 5.41) is 3.63. The van der Waals surface area contributed by atoms with E-state index in [9.17, 15) is 0 Å². The van der Waals surface area contributed by atoms with Gasteiger partial charge >= 0.3 is 0 Å². The van der Waals surface area contributed by atoms with Crippen LogP contribution in [0.5, 0.6) is 0 Å². The topological polar surface area (TPSA) is 15.3 Å². The van der Waals surface area contributed by atoms with Crippen LogP contribution in [0.25, 0.3) is 0 Å². The number of nitrogens with zero attached hydrogens (tertiary/aromatic N) is 1. The van der Waals surface area contributed by atoms with Crippen molar-refractivity contribution in [1.82, 2.24) is 10.2 Å². The normalized spacial score (nSPS) is 27.3. The van der Waals surface area contributed by atoms with Gasteiger partial charge in [0.1, 0.15) is 0 Å². The molecule has 21 heavy (non-hydrogen) atoms. The SMILES string of the molecule is CCC(CC)N(CC(C)C)C1CC(C(C)C)CCC1NC. The van der Waals surface area contributed by atoms with E-state index in [2.05, 4.69) is 58.8 Å². The zero-order valence-electron chi connectivity index (χ0n) is 15.7. The molecular formula is C19H40N2. The zero-order valence-corrected chi connectivity index (χ0v) is 15.7. The van der Waals surface area contributed by atoms with Crippen LogP contribution in [0.1, 0.15) is 73.6 Å². The minimum Gasteiger partial charge on any atom is -0.315 e. The lowest BCUT2D eigenvalue weighted by Crippen LogP contribution is -2.56. The van der Waals surface area contributed by atoms with Crippen molar-refractivity contribution in [2.75, 3.05) is 13.6 Å². The zero-order chi connectivity index (χ0) is 16.0. The summed E-state index contributed by atoms with van der Waals surface area (Å²) < 4.78 is 0. The summed E-state index contributed by atoms with van der Waals surface area (Å²) in [5.74, 6) is 2.49. The maximum atomic E-state index is 3.63. The van der Waals surface area contributed by atoms with Gasteiger partial charge in [0.15, 0.2) is 0 Å². The number of hydrogen-bond acceptors (Lipinski definition) is 2. The van der Waals surface area contributed by atoms with Gasteiger partial charge in [-0.15, -0.1) is 0 Å². The van der Waals surface area contributed by atoms with Crippen LogP contribution in [-0.4, -0.2) is 36.6 Å². The molecule has 0 amide bonds. The lowest BCUT2D eigenvalue weighted by molar-refractivity contribution is 0.0396. The Bertz CT molecular complexity index is 271. The summed E-state index contributed by atoms with van der Waals surface area (Å²) in [6, 6.07) is 2.15. The van der Waals surface area contributed by atoms with Crippen molar-refractivity contribution < 1.29 is 0 Å². The standard InChI is InChI=1S/C19H40N2/c1-8-17(9-2)21(13-14(3)4)19-12-16(15(5)6)10-11-18(19)20-7/h14-20H,8-13H2,1-7H3. The third kappa shape index (κ3) is 5.25. The van der Waals surface area contributed by atoms with Crippen molar-refractivity contribution in [3.63, 3.8) is 0 Å². The molecule has 0 aromatic rings. The highest BCUT2D eigenvalue weighted by molar-refractivity contribution is 4.93.